The highest BCUT2D eigenvalue weighted by molar-refractivity contribution is 5.66. The van der Waals surface area contributed by atoms with Crippen molar-refractivity contribution in [3.8, 4) is 0 Å². The molecule has 0 spiro atoms. The van der Waals surface area contributed by atoms with E-state index in [1.807, 2.05) is 0 Å². The molecule has 0 fully saturated rings. The third-order valence-corrected chi connectivity index (χ3v) is 1.78. The largest absolute Gasteiger partial charge is 0.481 e. The maximum atomic E-state index is 10.1. The summed E-state index contributed by atoms with van der Waals surface area (Å²) in [7, 11) is 0. The Morgan fingerprint density at radius 2 is 0.933 bits per heavy atom. The van der Waals surface area contributed by atoms with Crippen LogP contribution in [0.5, 0.6) is 0 Å². The van der Waals surface area contributed by atoms with Crippen molar-refractivity contribution in [1.29, 1.82) is 0 Å². The van der Waals surface area contributed by atoms with Crippen LogP contribution in [0.25, 0.3) is 0 Å². The molecule has 0 aliphatic carbocycles. The zero-order valence-corrected chi connectivity index (χ0v) is 8.56. The summed E-state index contributed by atoms with van der Waals surface area (Å²) < 4.78 is 0. The van der Waals surface area contributed by atoms with E-state index in [1.165, 1.54) is 0 Å². The lowest BCUT2D eigenvalue weighted by molar-refractivity contribution is -0.176. The van der Waals surface area contributed by atoms with Gasteiger partial charge in [0.05, 0.1) is 0 Å². The van der Waals surface area contributed by atoms with Crippen molar-refractivity contribution in [3.05, 3.63) is 0 Å². The average molecular weight is 222 g/mol. The minimum absolute atomic E-state index is 0.221. The molecule has 0 rings (SSSR count). The first-order valence-electron chi connectivity index (χ1n) is 4.76. The summed E-state index contributed by atoms with van der Waals surface area (Å²) >= 11 is 0. The molecule has 0 aromatic carbocycles. The summed E-state index contributed by atoms with van der Waals surface area (Å²) in [5.74, 6) is -1.52. The Bertz CT molecular complexity index is 150. The molecule has 0 saturated heterocycles. The number of unbranched alkanes of at least 4 members (excludes halogenated alkanes) is 4. The first-order valence-corrected chi connectivity index (χ1v) is 4.76. The van der Waals surface area contributed by atoms with Gasteiger partial charge in [-0.05, 0) is 12.8 Å². The zero-order valence-electron chi connectivity index (χ0n) is 8.56. The summed E-state index contributed by atoms with van der Waals surface area (Å²) in [6, 6.07) is 0. The van der Waals surface area contributed by atoms with Crippen LogP contribution >= 0.6 is 0 Å². The summed E-state index contributed by atoms with van der Waals surface area (Å²) in [6.07, 6.45) is 4.53. The monoisotopic (exact) mass is 222 g/mol. The third kappa shape index (κ3) is 19.3. The summed E-state index contributed by atoms with van der Waals surface area (Å²) in [6.45, 7) is 0. The van der Waals surface area contributed by atoms with E-state index >= 15 is 0 Å². The molecule has 0 unspecified atom stereocenters. The molecule has 0 saturated carbocycles. The molecule has 0 heterocycles. The molecule has 15 heavy (non-hydrogen) atoms. The lowest BCUT2D eigenvalue weighted by Crippen LogP contribution is -1.95. The second-order valence-electron chi connectivity index (χ2n) is 3.06. The maximum absolute atomic E-state index is 10.1. The molecule has 0 aromatic heterocycles. The molecular weight excluding hydrogens is 204 g/mol. The standard InChI is InChI=1S/C9H16O4.H2O2/c10-8(11)6-4-2-1-3-5-7-9(12)13;1-2/h1-7H2,(H,10,11)(H,12,13);1-2H. The van der Waals surface area contributed by atoms with Crippen molar-refractivity contribution in [1.82, 2.24) is 0 Å². The van der Waals surface area contributed by atoms with Crippen LogP contribution in [0.1, 0.15) is 44.9 Å². The minimum Gasteiger partial charge on any atom is -0.481 e. The lowest BCUT2D eigenvalue weighted by Gasteiger charge is -1.97. The van der Waals surface area contributed by atoms with Gasteiger partial charge in [-0.3, -0.25) is 20.1 Å². The maximum Gasteiger partial charge on any atom is 0.303 e. The molecule has 4 N–H and O–H groups in total. The van der Waals surface area contributed by atoms with E-state index in [4.69, 9.17) is 20.7 Å². The Kier molecular flexibility index (Phi) is 14.0. The average Bonchev–Trinajstić information content (AvgIpc) is 2.18. The van der Waals surface area contributed by atoms with Gasteiger partial charge in [-0.1, -0.05) is 19.3 Å². The van der Waals surface area contributed by atoms with Crippen molar-refractivity contribution in [2.24, 2.45) is 0 Å². The quantitative estimate of drug-likeness (QED) is 0.283. The molecule has 0 atom stereocenters. The lowest BCUT2D eigenvalue weighted by atomic mass is 10.1. The van der Waals surface area contributed by atoms with E-state index in [9.17, 15) is 9.59 Å². The van der Waals surface area contributed by atoms with Crippen LogP contribution in [-0.2, 0) is 9.59 Å². The van der Waals surface area contributed by atoms with Crippen molar-refractivity contribution in [2.45, 2.75) is 44.9 Å². The number of carboxylic acid groups (broad SMARTS) is 2. The fourth-order valence-corrected chi connectivity index (χ4v) is 1.08. The predicted molar refractivity (Wildman–Crippen MR) is 52.8 cm³/mol. The smallest absolute Gasteiger partial charge is 0.303 e. The van der Waals surface area contributed by atoms with Crippen molar-refractivity contribution in [3.63, 3.8) is 0 Å². The van der Waals surface area contributed by atoms with Crippen molar-refractivity contribution >= 4 is 11.9 Å². The SMILES string of the molecule is O=C(O)CCCCCCCC(=O)O.OO. The molecule has 0 bridgehead atoms. The zero-order chi connectivity index (χ0) is 12.1. The van der Waals surface area contributed by atoms with Gasteiger partial charge in [0.15, 0.2) is 0 Å². The third-order valence-electron chi connectivity index (χ3n) is 1.78. The number of carbonyl (C=O) groups is 2. The van der Waals surface area contributed by atoms with Crippen LogP contribution in [0.2, 0.25) is 0 Å². The molecule has 6 nitrogen and oxygen atoms in total. The fourth-order valence-electron chi connectivity index (χ4n) is 1.08. The minimum atomic E-state index is -0.759. The van der Waals surface area contributed by atoms with Gasteiger partial charge >= 0.3 is 11.9 Å². The molecule has 0 aliphatic rings. The highest BCUT2D eigenvalue weighted by Crippen LogP contribution is 2.06. The van der Waals surface area contributed by atoms with E-state index in [0.29, 0.717) is 12.8 Å². The number of aliphatic carboxylic acids is 2. The highest BCUT2D eigenvalue weighted by Gasteiger charge is 1.98. The van der Waals surface area contributed by atoms with Gasteiger partial charge in [-0.25, -0.2) is 0 Å². The highest BCUT2D eigenvalue weighted by atomic mass is 17.0. The number of rotatable bonds is 8. The summed E-state index contributed by atoms with van der Waals surface area (Å²) in [4.78, 5) is 20.2. The first-order chi connectivity index (χ1) is 7.13. The normalized spacial score (nSPS) is 8.93. The Balaban J connectivity index is 0. The van der Waals surface area contributed by atoms with Crippen LogP contribution in [0, 0.1) is 0 Å². The van der Waals surface area contributed by atoms with Gasteiger partial charge < -0.3 is 10.2 Å². The van der Waals surface area contributed by atoms with Gasteiger partial charge in [-0.2, -0.15) is 0 Å². The Morgan fingerprint density at radius 1 is 0.667 bits per heavy atom. The molecule has 0 aromatic rings. The molecule has 0 aliphatic heterocycles. The van der Waals surface area contributed by atoms with Gasteiger partial charge in [0.1, 0.15) is 0 Å². The van der Waals surface area contributed by atoms with E-state index in [-0.39, 0.29) is 12.8 Å². The molecule has 0 amide bonds. The first kappa shape index (κ1) is 16.3. The van der Waals surface area contributed by atoms with Gasteiger partial charge in [0.25, 0.3) is 0 Å². The van der Waals surface area contributed by atoms with E-state index in [1.54, 1.807) is 0 Å². The van der Waals surface area contributed by atoms with Gasteiger partial charge in [0.2, 0.25) is 0 Å². The summed E-state index contributed by atoms with van der Waals surface area (Å²) in [5.41, 5.74) is 0. The number of hydrogen-bond donors (Lipinski definition) is 4. The Morgan fingerprint density at radius 3 is 1.20 bits per heavy atom. The molecule has 0 radical (unpaired) electrons. The van der Waals surface area contributed by atoms with Crippen LogP contribution in [0.3, 0.4) is 0 Å². The predicted octanol–water partition coefficient (Wildman–Crippen LogP) is 1.90. The van der Waals surface area contributed by atoms with E-state index < -0.39 is 11.9 Å². The van der Waals surface area contributed by atoms with Gasteiger partial charge in [-0.15, -0.1) is 0 Å². The van der Waals surface area contributed by atoms with Crippen LogP contribution in [0.4, 0.5) is 0 Å². The topological polar surface area (TPSA) is 115 Å². The second-order valence-corrected chi connectivity index (χ2v) is 3.06. The Labute approximate surface area is 88.1 Å². The fraction of sp³-hybridized carbons (Fsp3) is 0.778. The molecule has 6 heteroatoms. The van der Waals surface area contributed by atoms with E-state index in [2.05, 4.69) is 0 Å². The summed E-state index contributed by atoms with van der Waals surface area (Å²) in [5, 5.41) is 28.6. The van der Waals surface area contributed by atoms with Crippen LogP contribution in [-0.4, -0.2) is 32.7 Å². The van der Waals surface area contributed by atoms with E-state index in [0.717, 1.165) is 19.3 Å². The Hall–Kier alpha value is -1.14. The van der Waals surface area contributed by atoms with Crippen molar-refractivity contribution < 1.29 is 30.3 Å². The number of hydrogen-bond acceptors (Lipinski definition) is 4. The van der Waals surface area contributed by atoms with Gasteiger partial charge in [0, 0.05) is 12.8 Å². The van der Waals surface area contributed by atoms with Crippen molar-refractivity contribution in [2.75, 3.05) is 0 Å². The van der Waals surface area contributed by atoms with Crippen LogP contribution < -0.4 is 0 Å². The number of carboxylic acids is 2. The molecular formula is C9H18O6. The second kappa shape index (κ2) is 12.9. The van der Waals surface area contributed by atoms with Crippen LogP contribution in [0.15, 0.2) is 0 Å². The molecule has 90 valence electrons.